The van der Waals surface area contributed by atoms with E-state index in [1.807, 2.05) is 26.0 Å². The Hall–Kier alpha value is -2.57. The maximum Gasteiger partial charge on any atom is 0.344 e. The lowest BCUT2D eigenvalue weighted by molar-refractivity contribution is -0.156. The van der Waals surface area contributed by atoms with Crippen LogP contribution in [0.3, 0.4) is 0 Å². The van der Waals surface area contributed by atoms with Crippen molar-refractivity contribution in [3.63, 3.8) is 0 Å². The lowest BCUT2D eigenvalue weighted by Crippen LogP contribution is -2.47. The first-order valence-corrected chi connectivity index (χ1v) is 8.86. The quantitative estimate of drug-likeness (QED) is 0.758. The first-order valence-electron chi connectivity index (χ1n) is 8.86. The molecule has 2 N–H and O–H groups in total. The molecule has 1 aromatic rings. The van der Waals surface area contributed by atoms with Crippen LogP contribution in [0.4, 0.5) is 4.79 Å². The van der Waals surface area contributed by atoms with Gasteiger partial charge in [0.1, 0.15) is 5.75 Å². The fourth-order valence-electron chi connectivity index (χ4n) is 2.74. The smallest absolute Gasteiger partial charge is 0.344 e. The molecule has 3 amide bonds. The predicted molar refractivity (Wildman–Crippen MR) is 95.9 cm³/mol. The van der Waals surface area contributed by atoms with Gasteiger partial charge < -0.3 is 14.8 Å². The molecular formula is C19H26N2O5. The molecule has 0 radical (unpaired) electrons. The fourth-order valence-corrected chi connectivity index (χ4v) is 2.74. The highest BCUT2D eigenvalue weighted by molar-refractivity contribution is 5.97. The van der Waals surface area contributed by atoms with Gasteiger partial charge in [-0.3, -0.25) is 10.1 Å². The van der Waals surface area contributed by atoms with Gasteiger partial charge in [0.15, 0.2) is 12.7 Å². The van der Waals surface area contributed by atoms with Crippen molar-refractivity contribution in [2.75, 3.05) is 6.61 Å². The second-order valence-electron chi connectivity index (χ2n) is 6.61. The third kappa shape index (κ3) is 6.06. The van der Waals surface area contributed by atoms with E-state index in [0.29, 0.717) is 5.75 Å². The van der Waals surface area contributed by atoms with Crippen molar-refractivity contribution < 1.29 is 23.9 Å². The maximum atomic E-state index is 11.9. The van der Waals surface area contributed by atoms with Gasteiger partial charge in [0.05, 0.1) is 0 Å². The molecule has 7 heteroatoms. The minimum Gasteiger partial charge on any atom is -0.482 e. The third-order valence-electron chi connectivity index (χ3n) is 4.44. The number of imide groups is 1. The molecule has 0 heterocycles. The molecule has 7 nitrogen and oxygen atoms in total. The standard InChI is InChI=1S/C19H26N2O5/c1-12-8-9-16(10-13(12)2)25-11-17(22)26-14(3)18(23)21-19(24)20-15-6-4-5-7-15/h8-10,14-15H,4-7,11H2,1-3H3,(H2,20,21,23,24). The summed E-state index contributed by atoms with van der Waals surface area (Å²) in [6.45, 7) is 5.03. The van der Waals surface area contributed by atoms with Crippen molar-refractivity contribution in [3.8, 4) is 5.75 Å². The van der Waals surface area contributed by atoms with E-state index in [0.717, 1.165) is 36.8 Å². The average molecular weight is 362 g/mol. The Morgan fingerprint density at radius 2 is 1.85 bits per heavy atom. The highest BCUT2D eigenvalue weighted by Gasteiger charge is 2.22. The van der Waals surface area contributed by atoms with Crippen molar-refractivity contribution in [2.45, 2.75) is 58.6 Å². The van der Waals surface area contributed by atoms with Crippen molar-refractivity contribution >= 4 is 17.9 Å². The summed E-state index contributed by atoms with van der Waals surface area (Å²) in [6, 6.07) is 5.03. The van der Waals surface area contributed by atoms with Gasteiger partial charge in [0, 0.05) is 6.04 Å². The van der Waals surface area contributed by atoms with Crippen molar-refractivity contribution in [3.05, 3.63) is 29.3 Å². The number of hydrogen-bond acceptors (Lipinski definition) is 5. The van der Waals surface area contributed by atoms with Crippen LogP contribution in [0.2, 0.25) is 0 Å². The van der Waals surface area contributed by atoms with Gasteiger partial charge in [-0.25, -0.2) is 9.59 Å². The van der Waals surface area contributed by atoms with Gasteiger partial charge in [0.25, 0.3) is 5.91 Å². The van der Waals surface area contributed by atoms with Gasteiger partial charge in [0.2, 0.25) is 0 Å². The van der Waals surface area contributed by atoms with Crippen LogP contribution in [0.1, 0.15) is 43.7 Å². The fraction of sp³-hybridized carbons (Fsp3) is 0.526. The zero-order valence-corrected chi connectivity index (χ0v) is 15.5. The molecule has 1 unspecified atom stereocenters. The highest BCUT2D eigenvalue weighted by Crippen LogP contribution is 2.17. The molecule has 1 aliphatic carbocycles. The molecule has 1 aliphatic rings. The summed E-state index contributed by atoms with van der Waals surface area (Å²) in [5.74, 6) is -0.791. The van der Waals surface area contributed by atoms with Crippen LogP contribution in [0.25, 0.3) is 0 Å². The van der Waals surface area contributed by atoms with Crippen molar-refractivity contribution in [1.82, 2.24) is 10.6 Å². The minimum absolute atomic E-state index is 0.104. The third-order valence-corrected chi connectivity index (χ3v) is 4.44. The second-order valence-corrected chi connectivity index (χ2v) is 6.61. The van der Waals surface area contributed by atoms with Crippen LogP contribution in [0.5, 0.6) is 5.75 Å². The number of aryl methyl sites for hydroxylation is 2. The lowest BCUT2D eigenvalue weighted by atomic mass is 10.1. The number of urea groups is 1. The number of amides is 3. The van der Waals surface area contributed by atoms with E-state index in [-0.39, 0.29) is 12.6 Å². The Balaban J connectivity index is 1.72. The van der Waals surface area contributed by atoms with E-state index < -0.39 is 24.0 Å². The first kappa shape index (κ1) is 19.8. The number of carbonyl (C=O) groups excluding carboxylic acids is 3. The van der Waals surface area contributed by atoms with Crippen LogP contribution in [0, 0.1) is 13.8 Å². The van der Waals surface area contributed by atoms with Gasteiger partial charge in [-0.15, -0.1) is 0 Å². The van der Waals surface area contributed by atoms with Crippen LogP contribution in [0.15, 0.2) is 18.2 Å². The molecule has 0 saturated heterocycles. The Kier molecular flexibility index (Phi) is 7.00. The van der Waals surface area contributed by atoms with Crippen LogP contribution < -0.4 is 15.4 Å². The normalized spacial score (nSPS) is 15.2. The van der Waals surface area contributed by atoms with Crippen LogP contribution >= 0.6 is 0 Å². The summed E-state index contributed by atoms with van der Waals surface area (Å²) >= 11 is 0. The summed E-state index contributed by atoms with van der Waals surface area (Å²) in [5, 5.41) is 4.93. The van der Waals surface area contributed by atoms with Gasteiger partial charge >= 0.3 is 12.0 Å². The molecule has 142 valence electrons. The van der Waals surface area contributed by atoms with Crippen molar-refractivity contribution in [2.24, 2.45) is 0 Å². The second kappa shape index (κ2) is 9.22. The van der Waals surface area contributed by atoms with E-state index in [1.54, 1.807) is 6.07 Å². The summed E-state index contributed by atoms with van der Waals surface area (Å²) in [5.41, 5.74) is 2.18. The number of rotatable bonds is 6. The Morgan fingerprint density at radius 3 is 2.50 bits per heavy atom. The number of esters is 1. The lowest BCUT2D eigenvalue weighted by Gasteiger charge is -2.16. The molecule has 2 rings (SSSR count). The molecule has 0 aromatic heterocycles. The molecule has 1 aromatic carbocycles. The SMILES string of the molecule is Cc1ccc(OCC(=O)OC(C)C(=O)NC(=O)NC2CCCC2)cc1C. The monoisotopic (exact) mass is 362 g/mol. The Labute approximate surface area is 153 Å². The Morgan fingerprint density at radius 1 is 1.15 bits per heavy atom. The molecule has 26 heavy (non-hydrogen) atoms. The number of carbonyl (C=O) groups is 3. The topological polar surface area (TPSA) is 93.7 Å². The number of ether oxygens (including phenoxy) is 2. The van der Waals surface area contributed by atoms with E-state index in [2.05, 4.69) is 10.6 Å². The molecule has 0 bridgehead atoms. The Bertz CT molecular complexity index is 668. The zero-order valence-electron chi connectivity index (χ0n) is 15.5. The van der Waals surface area contributed by atoms with Gasteiger partial charge in [-0.1, -0.05) is 18.9 Å². The number of benzene rings is 1. The number of hydrogen-bond donors (Lipinski definition) is 2. The largest absolute Gasteiger partial charge is 0.482 e. The summed E-state index contributed by atoms with van der Waals surface area (Å²) in [6.07, 6.45) is 2.91. The molecule has 0 spiro atoms. The molecular weight excluding hydrogens is 336 g/mol. The van der Waals surface area contributed by atoms with E-state index in [9.17, 15) is 14.4 Å². The number of nitrogens with one attached hydrogen (secondary N) is 2. The minimum atomic E-state index is -1.08. The first-order chi connectivity index (χ1) is 12.3. The van der Waals surface area contributed by atoms with Crippen molar-refractivity contribution in [1.29, 1.82) is 0 Å². The predicted octanol–water partition coefficient (Wildman–Crippen LogP) is 2.38. The summed E-state index contributed by atoms with van der Waals surface area (Å²) < 4.78 is 10.4. The molecule has 1 saturated carbocycles. The average Bonchev–Trinajstić information content (AvgIpc) is 3.08. The molecule has 1 atom stereocenters. The highest BCUT2D eigenvalue weighted by atomic mass is 16.6. The maximum absolute atomic E-state index is 11.9. The van der Waals surface area contributed by atoms with E-state index in [1.165, 1.54) is 6.92 Å². The van der Waals surface area contributed by atoms with E-state index in [4.69, 9.17) is 9.47 Å². The van der Waals surface area contributed by atoms with Crippen LogP contribution in [-0.4, -0.2) is 36.7 Å². The van der Waals surface area contributed by atoms with Gasteiger partial charge in [-0.05, 0) is 56.9 Å². The molecule has 1 fully saturated rings. The van der Waals surface area contributed by atoms with Gasteiger partial charge in [-0.2, -0.15) is 0 Å². The van der Waals surface area contributed by atoms with E-state index >= 15 is 0 Å². The summed E-state index contributed by atoms with van der Waals surface area (Å²) in [4.78, 5) is 35.5. The van der Waals surface area contributed by atoms with Crippen LogP contribution in [-0.2, 0) is 14.3 Å². The zero-order chi connectivity index (χ0) is 19.1. The summed E-state index contributed by atoms with van der Waals surface area (Å²) in [7, 11) is 0. The molecule has 0 aliphatic heterocycles.